The Morgan fingerprint density at radius 3 is 2.68 bits per heavy atom. The molecule has 1 aliphatic heterocycles. The molecule has 132 valence electrons. The van der Waals surface area contributed by atoms with Crippen molar-refractivity contribution >= 4 is 5.91 Å². The maximum absolute atomic E-state index is 12.6. The number of likely N-dealkylation sites (tertiary alicyclic amines) is 1. The van der Waals surface area contributed by atoms with Crippen LogP contribution in [0.15, 0.2) is 53.5 Å². The predicted octanol–water partition coefficient (Wildman–Crippen LogP) is 2.65. The quantitative estimate of drug-likeness (QED) is 0.860. The van der Waals surface area contributed by atoms with Crippen molar-refractivity contribution < 1.29 is 9.53 Å². The van der Waals surface area contributed by atoms with Crippen molar-refractivity contribution in [2.24, 2.45) is 0 Å². The van der Waals surface area contributed by atoms with Gasteiger partial charge in [0, 0.05) is 19.3 Å². The standard InChI is InChI=1S/C20H24N2O3/c1-25-18-10-6-13-22(20(18)24)15-19(23)21-12-5-9-17(11-14-21)16-7-3-2-4-8-16/h2-4,6-8,10,13,17H,5,9,11-12,14-15H2,1H3/t17-/m0/s1. The number of carbonyl (C=O) groups excluding carboxylic acids is 1. The molecule has 1 aliphatic rings. The Kier molecular flexibility index (Phi) is 5.53. The van der Waals surface area contributed by atoms with Gasteiger partial charge in [-0.3, -0.25) is 9.59 Å². The van der Waals surface area contributed by atoms with E-state index in [-0.39, 0.29) is 23.8 Å². The fourth-order valence-corrected chi connectivity index (χ4v) is 3.44. The minimum absolute atomic E-state index is 0.0101. The number of carbonyl (C=O) groups is 1. The zero-order valence-electron chi connectivity index (χ0n) is 14.6. The molecule has 1 aromatic heterocycles. The van der Waals surface area contributed by atoms with Crippen LogP contribution in [0.3, 0.4) is 0 Å². The lowest BCUT2D eigenvalue weighted by Crippen LogP contribution is -2.37. The number of nitrogens with zero attached hydrogens (tertiary/aromatic N) is 2. The number of hydrogen-bond donors (Lipinski definition) is 0. The summed E-state index contributed by atoms with van der Waals surface area (Å²) in [5.41, 5.74) is 1.08. The van der Waals surface area contributed by atoms with Crippen LogP contribution in [0, 0.1) is 0 Å². The van der Waals surface area contributed by atoms with Crippen molar-refractivity contribution in [1.29, 1.82) is 0 Å². The van der Waals surface area contributed by atoms with Gasteiger partial charge < -0.3 is 14.2 Å². The Hall–Kier alpha value is -2.56. The molecule has 0 aliphatic carbocycles. The molecule has 0 bridgehead atoms. The number of hydrogen-bond acceptors (Lipinski definition) is 3. The third kappa shape index (κ3) is 4.10. The second-order valence-corrected chi connectivity index (χ2v) is 6.43. The second-order valence-electron chi connectivity index (χ2n) is 6.43. The molecule has 0 saturated carbocycles. The number of methoxy groups -OCH3 is 1. The molecule has 0 unspecified atom stereocenters. The molecule has 5 nitrogen and oxygen atoms in total. The zero-order valence-corrected chi connectivity index (χ0v) is 14.6. The van der Waals surface area contributed by atoms with E-state index in [0.717, 1.165) is 32.4 Å². The van der Waals surface area contributed by atoms with E-state index in [1.165, 1.54) is 17.2 Å². The highest BCUT2D eigenvalue weighted by atomic mass is 16.5. The van der Waals surface area contributed by atoms with Gasteiger partial charge in [0.15, 0.2) is 5.75 Å². The zero-order chi connectivity index (χ0) is 17.6. The summed E-state index contributed by atoms with van der Waals surface area (Å²) in [4.78, 5) is 26.7. The minimum Gasteiger partial charge on any atom is -0.491 e. The van der Waals surface area contributed by atoms with Crippen LogP contribution < -0.4 is 10.3 Å². The molecule has 5 heteroatoms. The molecule has 1 fully saturated rings. The number of aromatic nitrogens is 1. The lowest BCUT2D eigenvalue weighted by atomic mass is 9.92. The Balaban J connectivity index is 1.65. The van der Waals surface area contributed by atoms with Gasteiger partial charge in [0.1, 0.15) is 6.54 Å². The van der Waals surface area contributed by atoms with Crippen LogP contribution in [-0.2, 0) is 11.3 Å². The fraction of sp³-hybridized carbons (Fsp3) is 0.400. The summed E-state index contributed by atoms with van der Waals surface area (Å²) in [5.74, 6) is 0.748. The van der Waals surface area contributed by atoms with Crippen molar-refractivity contribution in [1.82, 2.24) is 9.47 Å². The molecular formula is C20H24N2O3. The van der Waals surface area contributed by atoms with E-state index >= 15 is 0 Å². The van der Waals surface area contributed by atoms with Crippen LogP contribution in [-0.4, -0.2) is 35.6 Å². The second kappa shape index (κ2) is 8.01. The third-order valence-corrected chi connectivity index (χ3v) is 4.86. The van der Waals surface area contributed by atoms with Crippen molar-refractivity contribution in [3.05, 3.63) is 64.6 Å². The highest BCUT2D eigenvalue weighted by Gasteiger charge is 2.22. The lowest BCUT2D eigenvalue weighted by molar-refractivity contribution is -0.131. The van der Waals surface area contributed by atoms with Gasteiger partial charge in [0.05, 0.1) is 7.11 Å². The fourth-order valence-electron chi connectivity index (χ4n) is 3.44. The molecule has 0 N–H and O–H groups in total. The van der Waals surface area contributed by atoms with Crippen LogP contribution in [0.1, 0.15) is 30.7 Å². The van der Waals surface area contributed by atoms with Crippen LogP contribution in [0.4, 0.5) is 0 Å². The van der Waals surface area contributed by atoms with Gasteiger partial charge in [-0.15, -0.1) is 0 Å². The number of amides is 1. The normalized spacial score (nSPS) is 17.8. The first-order valence-electron chi connectivity index (χ1n) is 8.75. The number of ether oxygens (including phenoxy) is 1. The van der Waals surface area contributed by atoms with Crippen LogP contribution in [0.25, 0.3) is 0 Å². The van der Waals surface area contributed by atoms with Gasteiger partial charge in [-0.2, -0.15) is 0 Å². The van der Waals surface area contributed by atoms with Gasteiger partial charge in [-0.25, -0.2) is 0 Å². The highest BCUT2D eigenvalue weighted by molar-refractivity contribution is 5.76. The molecule has 0 radical (unpaired) electrons. The average molecular weight is 340 g/mol. The summed E-state index contributed by atoms with van der Waals surface area (Å²) in [7, 11) is 1.46. The van der Waals surface area contributed by atoms with Crippen molar-refractivity contribution in [3.63, 3.8) is 0 Å². The predicted molar refractivity (Wildman–Crippen MR) is 96.9 cm³/mol. The molecule has 0 spiro atoms. The van der Waals surface area contributed by atoms with E-state index < -0.39 is 0 Å². The molecule has 1 aromatic carbocycles. The van der Waals surface area contributed by atoms with E-state index in [2.05, 4.69) is 24.3 Å². The summed E-state index contributed by atoms with van der Waals surface area (Å²) >= 11 is 0. The Labute approximate surface area is 147 Å². The highest BCUT2D eigenvalue weighted by Crippen LogP contribution is 2.27. The summed E-state index contributed by atoms with van der Waals surface area (Å²) in [6.45, 7) is 1.55. The monoisotopic (exact) mass is 340 g/mol. The van der Waals surface area contributed by atoms with Crippen molar-refractivity contribution in [2.45, 2.75) is 31.7 Å². The Morgan fingerprint density at radius 2 is 1.92 bits per heavy atom. The third-order valence-electron chi connectivity index (χ3n) is 4.86. The SMILES string of the molecule is COc1cccn(CC(=O)N2CCC[C@H](c3ccccc3)CC2)c1=O. The lowest BCUT2D eigenvalue weighted by Gasteiger charge is -2.21. The topological polar surface area (TPSA) is 51.5 Å². The van der Waals surface area contributed by atoms with E-state index in [0.29, 0.717) is 5.92 Å². The van der Waals surface area contributed by atoms with E-state index in [1.54, 1.807) is 18.3 Å². The van der Waals surface area contributed by atoms with Crippen molar-refractivity contribution in [3.8, 4) is 5.75 Å². The van der Waals surface area contributed by atoms with Crippen LogP contribution >= 0.6 is 0 Å². The van der Waals surface area contributed by atoms with E-state index in [1.807, 2.05) is 11.0 Å². The number of rotatable bonds is 4. The summed E-state index contributed by atoms with van der Waals surface area (Å²) in [5, 5.41) is 0. The molecule has 3 rings (SSSR count). The molecule has 1 atom stereocenters. The largest absolute Gasteiger partial charge is 0.491 e. The Morgan fingerprint density at radius 1 is 1.12 bits per heavy atom. The first-order valence-corrected chi connectivity index (χ1v) is 8.75. The van der Waals surface area contributed by atoms with Gasteiger partial charge in [-0.05, 0) is 42.9 Å². The van der Waals surface area contributed by atoms with Crippen molar-refractivity contribution in [2.75, 3.05) is 20.2 Å². The Bertz CT molecular complexity index is 770. The molecule has 25 heavy (non-hydrogen) atoms. The summed E-state index contributed by atoms with van der Waals surface area (Å²) in [6.07, 6.45) is 4.67. The minimum atomic E-state index is -0.268. The first kappa shape index (κ1) is 17.3. The van der Waals surface area contributed by atoms with Crippen LogP contribution in [0.2, 0.25) is 0 Å². The maximum Gasteiger partial charge on any atom is 0.293 e. The molecule has 1 amide bonds. The average Bonchev–Trinajstić information content (AvgIpc) is 2.90. The molecule has 1 saturated heterocycles. The first-order chi connectivity index (χ1) is 12.2. The molecular weight excluding hydrogens is 316 g/mol. The number of benzene rings is 1. The molecule has 2 heterocycles. The number of pyridine rings is 1. The van der Waals surface area contributed by atoms with Gasteiger partial charge in [-0.1, -0.05) is 30.3 Å². The smallest absolute Gasteiger partial charge is 0.293 e. The van der Waals surface area contributed by atoms with Crippen LogP contribution in [0.5, 0.6) is 5.75 Å². The summed E-state index contributed by atoms with van der Waals surface area (Å²) in [6, 6.07) is 13.8. The van der Waals surface area contributed by atoms with Gasteiger partial charge in [0.25, 0.3) is 5.56 Å². The van der Waals surface area contributed by atoms with E-state index in [9.17, 15) is 9.59 Å². The van der Waals surface area contributed by atoms with E-state index in [4.69, 9.17) is 4.74 Å². The molecule has 2 aromatic rings. The maximum atomic E-state index is 12.6. The summed E-state index contributed by atoms with van der Waals surface area (Å²) < 4.78 is 6.45. The van der Waals surface area contributed by atoms with Gasteiger partial charge >= 0.3 is 0 Å². The van der Waals surface area contributed by atoms with Gasteiger partial charge in [0.2, 0.25) is 5.91 Å².